The van der Waals surface area contributed by atoms with Gasteiger partial charge in [-0.3, -0.25) is 0 Å². The topological polar surface area (TPSA) is 29.5 Å². The summed E-state index contributed by atoms with van der Waals surface area (Å²) in [5.74, 6) is 1.29. The molecule has 1 aliphatic carbocycles. The van der Waals surface area contributed by atoms with Gasteiger partial charge in [-0.2, -0.15) is 0 Å². The molecule has 0 aliphatic heterocycles. The van der Waals surface area contributed by atoms with Gasteiger partial charge in [0.2, 0.25) is 0 Å². The van der Waals surface area contributed by atoms with Gasteiger partial charge >= 0.3 is 0 Å². The van der Waals surface area contributed by atoms with E-state index in [9.17, 15) is 5.11 Å². The van der Waals surface area contributed by atoms with Crippen molar-refractivity contribution in [2.24, 2.45) is 5.41 Å². The van der Waals surface area contributed by atoms with Crippen molar-refractivity contribution >= 4 is 5.76 Å². The fourth-order valence-electron chi connectivity index (χ4n) is 3.30. The van der Waals surface area contributed by atoms with Crippen molar-refractivity contribution in [3.63, 3.8) is 0 Å². The molecule has 0 bridgehead atoms. The number of hydrogen-bond acceptors (Lipinski definition) is 2. The predicted molar refractivity (Wildman–Crippen MR) is 79.3 cm³/mol. The molecular weight excluding hydrogens is 236 g/mol. The first-order valence-corrected chi connectivity index (χ1v) is 6.74. The molecule has 1 N–H and O–H groups in total. The summed E-state index contributed by atoms with van der Waals surface area (Å²) in [7, 11) is 1.73. The maximum absolute atomic E-state index is 9.96. The van der Waals surface area contributed by atoms with Crippen LogP contribution in [0.5, 0.6) is 5.75 Å². The molecule has 0 spiro atoms. The Morgan fingerprint density at radius 3 is 2.21 bits per heavy atom. The average molecular weight is 260 g/mol. The number of aryl methyl sites for hydroxylation is 1. The van der Waals surface area contributed by atoms with Crippen LogP contribution in [-0.2, 0) is 10.2 Å². The van der Waals surface area contributed by atoms with E-state index in [0.717, 1.165) is 16.9 Å². The van der Waals surface area contributed by atoms with Crippen molar-refractivity contribution in [3.05, 3.63) is 34.4 Å². The SMILES string of the molecule is COC1=C(C)C(C)(C(C)(C)C)c2cc(O)cc(C)c21. The summed E-state index contributed by atoms with van der Waals surface area (Å²) < 4.78 is 5.66. The number of ether oxygens (including phenoxy) is 1. The molecule has 1 atom stereocenters. The molecule has 0 heterocycles. The van der Waals surface area contributed by atoms with Crippen LogP contribution < -0.4 is 0 Å². The normalized spacial score (nSPS) is 22.7. The van der Waals surface area contributed by atoms with Gasteiger partial charge in [0.25, 0.3) is 0 Å². The first-order chi connectivity index (χ1) is 8.64. The lowest BCUT2D eigenvalue weighted by molar-refractivity contribution is 0.245. The van der Waals surface area contributed by atoms with Gasteiger partial charge < -0.3 is 9.84 Å². The van der Waals surface area contributed by atoms with Crippen LogP contribution in [0.4, 0.5) is 0 Å². The standard InChI is InChI=1S/C17H24O2/c1-10-8-12(18)9-13-14(10)15(19-7)11(2)17(13,6)16(3,4)5/h8-9,18H,1-7H3. The van der Waals surface area contributed by atoms with Crippen LogP contribution in [0.3, 0.4) is 0 Å². The number of aromatic hydroxyl groups is 1. The third-order valence-corrected chi connectivity index (χ3v) is 4.88. The van der Waals surface area contributed by atoms with Crippen molar-refractivity contribution in [1.82, 2.24) is 0 Å². The van der Waals surface area contributed by atoms with Crippen molar-refractivity contribution in [3.8, 4) is 5.75 Å². The Morgan fingerprint density at radius 1 is 1.16 bits per heavy atom. The van der Waals surface area contributed by atoms with E-state index >= 15 is 0 Å². The van der Waals surface area contributed by atoms with E-state index in [2.05, 4.69) is 34.6 Å². The zero-order chi connectivity index (χ0) is 14.6. The van der Waals surface area contributed by atoms with E-state index < -0.39 is 0 Å². The first-order valence-electron chi connectivity index (χ1n) is 6.74. The smallest absolute Gasteiger partial charge is 0.126 e. The minimum atomic E-state index is -0.128. The molecule has 19 heavy (non-hydrogen) atoms. The third kappa shape index (κ3) is 1.69. The Balaban J connectivity index is 2.87. The van der Waals surface area contributed by atoms with Gasteiger partial charge in [0.15, 0.2) is 0 Å². The van der Waals surface area contributed by atoms with Gasteiger partial charge in [-0.25, -0.2) is 0 Å². The summed E-state index contributed by atoms with van der Waals surface area (Å²) in [6.07, 6.45) is 0. The number of phenols is 1. The van der Waals surface area contributed by atoms with Crippen LogP contribution in [0.15, 0.2) is 17.7 Å². The van der Waals surface area contributed by atoms with Gasteiger partial charge in [0, 0.05) is 11.0 Å². The molecule has 104 valence electrons. The van der Waals surface area contributed by atoms with Crippen molar-refractivity contribution in [2.45, 2.75) is 47.0 Å². The van der Waals surface area contributed by atoms with E-state index in [0.29, 0.717) is 5.75 Å². The lowest BCUT2D eigenvalue weighted by atomic mass is 9.62. The summed E-state index contributed by atoms with van der Waals surface area (Å²) in [6.45, 7) is 13.1. The summed E-state index contributed by atoms with van der Waals surface area (Å²) >= 11 is 0. The van der Waals surface area contributed by atoms with Crippen LogP contribution in [-0.4, -0.2) is 12.2 Å². The molecule has 0 amide bonds. The van der Waals surface area contributed by atoms with Crippen molar-refractivity contribution < 1.29 is 9.84 Å². The molecule has 1 unspecified atom stereocenters. The Labute approximate surface area is 116 Å². The Morgan fingerprint density at radius 2 is 1.74 bits per heavy atom. The molecule has 0 radical (unpaired) electrons. The first kappa shape index (κ1) is 14.0. The van der Waals surface area contributed by atoms with Gasteiger partial charge in [-0.05, 0) is 48.1 Å². The van der Waals surface area contributed by atoms with Crippen LogP contribution >= 0.6 is 0 Å². The van der Waals surface area contributed by atoms with E-state index in [1.54, 1.807) is 13.2 Å². The minimum absolute atomic E-state index is 0.0480. The van der Waals surface area contributed by atoms with Crippen molar-refractivity contribution in [2.75, 3.05) is 7.11 Å². The van der Waals surface area contributed by atoms with Crippen molar-refractivity contribution in [1.29, 1.82) is 0 Å². The molecule has 2 heteroatoms. The Hall–Kier alpha value is -1.44. The summed E-state index contributed by atoms with van der Waals surface area (Å²) in [5.41, 5.74) is 4.55. The van der Waals surface area contributed by atoms with Gasteiger partial charge in [0.1, 0.15) is 11.5 Å². The molecule has 1 aromatic rings. The van der Waals surface area contributed by atoms with Gasteiger partial charge in [0.05, 0.1) is 7.11 Å². The number of rotatable bonds is 1. The molecule has 0 saturated carbocycles. The zero-order valence-corrected chi connectivity index (χ0v) is 13.0. The number of benzene rings is 1. The average Bonchev–Trinajstić information content (AvgIpc) is 2.50. The molecule has 2 nitrogen and oxygen atoms in total. The van der Waals surface area contributed by atoms with Crippen LogP contribution in [0.1, 0.15) is 51.3 Å². The van der Waals surface area contributed by atoms with Gasteiger partial charge in [-0.15, -0.1) is 0 Å². The maximum Gasteiger partial charge on any atom is 0.126 e. The molecule has 0 fully saturated rings. The largest absolute Gasteiger partial charge is 0.508 e. The highest BCUT2D eigenvalue weighted by Gasteiger charge is 2.48. The second-order valence-corrected chi connectivity index (χ2v) is 6.72. The fourth-order valence-corrected chi connectivity index (χ4v) is 3.30. The van der Waals surface area contributed by atoms with E-state index in [1.807, 2.05) is 13.0 Å². The van der Waals surface area contributed by atoms with Crippen LogP contribution in [0, 0.1) is 12.3 Å². The highest BCUT2D eigenvalue weighted by molar-refractivity contribution is 5.79. The maximum atomic E-state index is 9.96. The second-order valence-electron chi connectivity index (χ2n) is 6.72. The summed E-state index contributed by atoms with van der Waals surface area (Å²) in [5, 5.41) is 9.96. The van der Waals surface area contributed by atoms with Crippen LogP contribution in [0.2, 0.25) is 0 Å². The Bertz CT molecular complexity index is 561. The van der Waals surface area contributed by atoms with E-state index in [4.69, 9.17) is 4.74 Å². The second kappa shape index (κ2) is 4.03. The molecular formula is C17H24O2. The fraction of sp³-hybridized carbons (Fsp3) is 0.529. The lowest BCUT2D eigenvalue weighted by Crippen LogP contribution is -2.36. The summed E-state index contributed by atoms with van der Waals surface area (Å²) in [4.78, 5) is 0. The number of fused-ring (bicyclic) bond motifs is 1. The van der Waals surface area contributed by atoms with E-state index in [-0.39, 0.29) is 10.8 Å². The third-order valence-electron chi connectivity index (χ3n) is 4.88. The predicted octanol–water partition coefficient (Wildman–Crippen LogP) is 4.40. The summed E-state index contributed by atoms with van der Waals surface area (Å²) in [6, 6.07) is 3.70. The number of allylic oxidation sites excluding steroid dienone is 1. The highest BCUT2D eigenvalue weighted by atomic mass is 16.5. The molecule has 0 aromatic heterocycles. The molecule has 1 aromatic carbocycles. The number of hydrogen-bond donors (Lipinski definition) is 1. The monoisotopic (exact) mass is 260 g/mol. The number of methoxy groups -OCH3 is 1. The number of phenolic OH excluding ortho intramolecular Hbond substituents is 1. The Kier molecular flexibility index (Phi) is 2.96. The van der Waals surface area contributed by atoms with Crippen LogP contribution in [0.25, 0.3) is 5.76 Å². The zero-order valence-electron chi connectivity index (χ0n) is 13.0. The van der Waals surface area contributed by atoms with E-state index in [1.165, 1.54) is 11.1 Å². The quantitative estimate of drug-likeness (QED) is 0.811. The molecule has 2 rings (SSSR count). The lowest BCUT2D eigenvalue weighted by Gasteiger charge is -2.41. The molecule has 1 aliphatic rings. The molecule has 0 saturated heterocycles. The van der Waals surface area contributed by atoms with Gasteiger partial charge in [-0.1, -0.05) is 27.7 Å². The highest BCUT2D eigenvalue weighted by Crippen LogP contribution is 2.56. The minimum Gasteiger partial charge on any atom is -0.508 e.